The molecule has 0 bridgehead atoms. The van der Waals surface area contributed by atoms with Crippen molar-refractivity contribution in [2.45, 2.75) is 6.42 Å². The van der Waals surface area contributed by atoms with Gasteiger partial charge in [-0.3, -0.25) is 4.79 Å². The summed E-state index contributed by atoms with van der Waals surface area (Å²) in [6.07, 6.45) is 0.397. The number of hydrogen-bond acceptors (Lipinski definition) is 5. The van der Waals surface area contributed by atoms with Crippen molar-refractivity contribution in [3.05, 3.63) is 24.3 Å². The molecule has 18 heavy (non-hydrogen) atoms. The molecule has 2 aromatic rings. The highest BCUT2D eigenvalue weighted by Crippen LogP contribution is 2.24. The molecule has 5 nitrogen and oxygen atoms in total. The van der Waals surface area contributed by atoms with Gasteiger partial charge in [0.05, 0.1) is 22.8 Å². The average Bonchev–Trinajstić information content (AvgIpc) is 2.76. The zero-order valence-corrected chi connectivity index (χ0v) is 10.5. The van der Waals surface area contributed by atoms with E-state index in [-0.39, 0.29) is 12.5 Å². The van der Waals surface area contributed by atoms with E-state index in [2.05, 4.69) is 15.6 Å². The minimum atomic E-state index is -0.146. The predicted octanol–water partition coefficient (Wildman–Crippen LogP) is 1.74. The van der Waals surface area contributed by atoms with Crippen molar-refractivity contribution in [1.29, 1.82) is 5.26 Å². The molecule has 0 aliphatic heterocycles. The third kappa shape index (κ3) is 3.26. The van der Waals surface area contributed by atoms with Crippen molar-refractivity contribution in [2.24, 2.45) is 0 Å². The van der Waals surface area contributed by atoms with Gasteiger partial charge in [-0.1, -0.05) is 23.5 Å². The molecule has 0 spiro atoms. The van der Waals surface area contributed by atoms with Crippen LogP contribution < -0.4 is 10.6 Å². The van der Waals surface area contributed by atoms with Crippen molar-refractivity contribution < 1.29 is 4.79 Å². The topological polar surface area (TPSA) is 77.8 Å². The van der Waals surface area contributed by atoms with Crippen LogP contribution >= 0.6 is 11.3 Å². The van der Waals surface area contributed by atoms with Crippen molar-refractivity contribution in [3.8, 4) is 6.07 Å². The number of hydrogen-bond donors (Lipinski definition) is 2. The standard InChI is InChI=1S/C12H12N4OS/c13-6-3-7-14-8-11(17)16-12-15-9-4-1-2-5-10(9)18-12/h1-2,4-5,14H,3,7-8H2,(H,15,16,17). The minimum absolute atomic E-state index is 0.146. The fourth-order valence-corrected chi connectivity index (χ4v) is 2.32. The summed E-state index contributed by atoms with van der Waals surface area (Å²) in [7, 11) is 0. The molecule has 0 saturated heterocycles. The predicted molar refractivity (Wildman–Crippen MR) is 71.3 cm³/mol. The highest BCUT2D eigenvalue weighted by molar-refractivity contribution is 7.22. The van der Waals surface area contributed by atoms with Gasteiger partial charge in [0.2, 0.25) is 5.91 Å². The lowest BCUT2D eigenvalue weighted by Crippen LogP contribution is -2.28. The van der Waals surface area contributed by atoms with Gasteiger partial charge in [-0.25, -0.2) is 4.98 Å². The Morgan fingerprint density at radius 1 is 1.44 bits per heavy atom. The van der Waals surface area contributed by atoms with E-state index < -0.39 is 0 Å². The van der Waals surface area contributed by atoms with Gasteiger partial charge in [0.25, 0.3) is 0 Å². The maximum Gasteiger partial charge on any atom is 0.240 e. The Hall–Kier alpha value is -1.97. The third-order valence-electron chi connectivity index (χ3n) is 2.24. The molecule has 1 amide bonds. The number of thiazole rings is 1. The first-order chi connectivity index (χ1) is 8.79. The van der Waals surface area contributed by atoms with Crippen LogP contribution in [0.3, 0.4) is 0 Å². The fraction of sp³-hybridized carbons (Fsp3) is 0.250. The summed E-state index contributed by atoms with van der Waals surface area (Å²) in [5.74, 6) is -0.146. The summed E-state index contributed by atoms with van der Waals surface area (Å²) in [5, 5.41) is 14.6. The van der Waals surface area contributed by atoms with Gasteiger partial charge in [0.1, 0.15) is 0 Å². The lowest BCUT2D eigenvalue weighted by molar-refractivity contribution is -0.115. The minimum Gasteiger partial charge on any atom is -0.307 e. The van der Waals surface area contributed by atoms with E-state index in [4.69, 9.17) is 5.26 Å². The molecular formula is C12H12N4OS. The zero-order valence-electron chi connectivity index (χ0n) is 9.64. The normalized spacial score (nSPS) is 10.2. The number of benzene rings is 1. The Bertz CT molecular complexity index is 554. The number of carbonyl (C=O) groups is 1. The molecule has 0 radical (unpaired) electrons. The first kappa shape index (κ1) is 12.5. The van der Waals surface area contributed by atoms with Crippen LogP contribution in [0.5, 0.6) is 0 Å². The maximum absolute atomic E-state index is 11.6. The van der Waals surface area contributed by atoms with Crippen LogP contribution in [-0.2, 0) is 4.79 Å². The molecule has 0 aliphatic carbocycles. The number of amides is 1. The summed E-state index contributed by atoms with van der Waals surface area (Å²) < 4.78 is 1.05. The second kappa shape index (κ2) is 6.10. The number of nitriles is 1. The molecule has 92 valence electrons. The van der Waals surface area contributed by atoms with E-state index in [1.165, 1.54) is 11.3 Å². The zero-order chi connectivity index (χ0) is 12.8. The first-order valence-corrected chi connectivity index (χ1v) is 6.34. The summed E-state index contributed by atoms with van der Waals surface area (Å²) in [6.45, 7) is 0.710. The second-order valence-electron chi connectivity index (χ2n) is 3.62. The van der Waals surface area contributed by atoms with Gasteiger partial charge < -0.3 is 10.6 Å². The van der Waals surface area contributed by atoms with Crippen molar-refractivity contribution >= 4 is 32.6 Å². The van der Waals surface area contributed by atoms with E-state index in [9.17, 15) is 4.79 Å². The second-order valence-corrected chi connectivity index (χ2v) is 4.65. The lowest BCUT2D eigenvalue weighted by atomic mass is 10.3. The highest BCUT2D eigenvalue weighted by atomic mass is 32.1. The number of anilines is 1. The number of nitrogens with zero attached hydrogens (tertiary/aromatic N) is 2. The first-order valence-electron chi connectivity index (χ1n) is 5.52. The molecule has 2 rings (SSSR count). The van der Waals surface area contributed by atoms with E-state index >= 15 is 0 Å². The van der Waals surface area contributed by atoms with Crippen LogP contribution in [0.2, 0.25) is 0 Å². The summed E-state index contributed by atoms with van der Waals surface area (Å²) in [6, 6.07) is 9.73. The smallest absolute Gasteiger partial charge is 0.240 e. The van der Waals surface area contributed by atoms with E-state index in [1.807, 2.05) is 30.3 Å². The van der Waals surface area contributed by atoms with Gasteiger partial charge in [0.15, 0.2) is 5.13 Å². The number of carbonyl (C=O) groups excluding carboxylic acids is 1. The summed E-state index contributed by atoms with van der Waals surface area (Å²) in [4.78, 5) is 15.9. The van der Waals surface area contributed by atoms with Gasteiger partial charge in [0, 0.05) is 13.0 Å². The number of fused-ring (bicyclic) bond motifs is 1. The quantitative estimate of drug-likeness (QED) is 0.803. The Kier molecular flexibility index (Phi) is 4.23. The summed E-state index contributed by atoms with van der Waals surface area (Å²) in [5.41, 5.74) is 0.884. The molecule has 0 fully saturated rings. The average molecular weight is 260 g/mol. The highest BCUT2D eigenvalue weighted by Gasteiger charge is 2.06. The van der Waals surface area contributed by atoms with Gasteiger partial charge in [-0.05, 0) is 12.1 Å². The Morgan fingerprint density at radius 3 is 3.06 bits per heavy atom. The maximum atomic E-state index is 11.6. The van der Waals surface area contributed by atoms with Crippen LogP contribution in [0.25, 0.3) is 10.2 Å². The molecule has 0 aliphatic rings. The van der Waals surface area contributed by atoms with Crippen molar-refractivity contribution in [1.82, 2.24) is 10.3 Å². The van der Waals surface area contributed by atoms with Crippen LogP contribution in [-0.4, -0.2) is 24.0 Å². The van der Waals surface area contributed by atoms with Crippen LogP contribution in [0, 0.1) is 11.3 Å². The van der Waals surface area contributed by atoms with E-state index in [1.54, 1.807) is 0 Å². The summed E-state index contributed by atoms with van der Waals surface area (Å²) >= 11 is 1.45. The molecule has 1 aromatic carbocycles. The monoisotopic (exact) mass is 260 g/mol. The molecular weight excluding hydrogens is 248 g/mol. The van der Waals surface area contributed by atoms with Crippen LogP contribution in [0.4, 0.5) is 5.13 Å². The number of nitrogens with one attached hydrogen (secondary N) is 2. The molecule has 0 saturated carbocycles. The van der Waals surface area contributed by atoms with Gasteiger partial charge >= 0.3 is 0 Å². The van der Waals surface area contributed by atoms with Crippen LogP contribution in [0.15, 0.2) is 24.3 Å². The number of aromatic nitrogens is 1. The Morgan fingerprint density at radius 2 is 2.28 bits per heavy atom. The molecule has 0 atom stereocenters. The van der Waals surface area contributed by atoms with Gasteiger partial charge in [-0.15, -0.1) is 0 Å². The SMILES string of the molecule is N#CCCNCC(=O)Nc1nc2ccccc2s1. The molecule has 1 heterocycles. The number of para-hydroxylation sites is 1. The molecule has 1 aromatic heterocycles. The van der Waals surface area contributed by atoms with Crippen molar-refractivity contribution in [3.63, 3.8) is 0 Å². The third-order valence-corrected chi connectivity index (χ3v) is 3.19. The largest absolute Gasteiger partial charge is 0.307 e. The molecule has 0 unspecified atom stereocenters. The van der Waals surface area contributed by atoms with Crippen LogP contribution in [0.1, 0.15) is 6.42 Å². The Balaban J connectivity index is 1.89. The fourth-order valence-electron chi connectivity index (χ4n) is 1.44. The van der Waals surface area contributed by atoms with E-state index in [0.717, 1.165) is 10.2 Å². The number of rotatable bonds is 5. The Labute approximate surface area is 108 Å². The van der Waals surface area contributed by atoms with Gasteiger partial charge in [-0.2, -0.15) is 5.26 Å². The molecule has 6 heteroatoms. The lowest BCUT2D eigenvalue weighted by Gasteiger charge is -2.01. The molecule has 2 N–H and O–H groups in total. The van der Waals surface area contributed by atoms with E-state index in [0.29, 0.717) is 18.1 Å². The van der Waals surface area contributed by atoms with Crippen molar-refractivity contribution in [2.75, 3.05) is 18.4 Å².